The minimum atomic E-state index is -0.612. The van der Waals surface area contributed by atoms with Crippen LogP contribution < -0.4 is 0 Å². The molecule has 7 nitrogen and oxygen atoms in total. The molecule has 1 amide bonds. The molecule has 1 fully saturated rings. The second kappa shape index (κ2) is 7.47. The van der Waals surface area contributed by atoms with E-state index >= 15 is 0 Å². The lowest BCUT2D eigenvalue weighted by Gasteiger charge is -2.21. The molecule has 1 N–H and O–H groups in total. The van der Waals surface area contributed by atoms with Crippen LogP contribution >= 0.6 is 0 Å². The fraction of sp³-hybridized carbons (Fsp3) is 0.389. The Morgan fingerprint density at radius 3 is 2.92 bits per heavy atom. The smallest absolute Gasteiger partial charge is 0.272 e. The van der Waals surface area contributed by atoms with Gasteiger partial charge in [-0.3, -0.25) is 14.4 Å². The molecule has 2 aromatic rings. The van der Waals surface area contributed by atoms with Gasteiger partial charge in [0.25, 0.3) is 5.91 Å². The Morgan fingerprint density at radius 2 is 2.20 bits per heavy atom. The number of benzene rings is 1. The van der Waals surface area contributed by atoms with Crippen LogP contribution in [-0.4, -0.2) is 62.9 Å². The molecule has 0 bridgehead atoms. The van der Waals surface area contributed by atoms with Gasteiger partial charge in [0.05, 0.1) is 17.7 Å². The van der Waals surface area contributed by atoms with Gasteiger partial charge in [0.1, 0.15) is 5.69 Å². The fourth-order valence-electron chi connectivity index (χ4n) is 3.13. The molecule has 130 valence electrons. The van der Waals surface area contributed by atoms with Gasteiger partial charge in [-0.25, -0.2) is 0 Å². The summed E-state index contributed by atoms with van der Waals surface area (Å²) < 4.78 is 1.55. The van der Waals surface area contributed by atoms with Crippen LogP contribution in [0.5, 0.6) is 0 Å². The quantitative estimate of drug-likeness (QED) is 0.886. The van der Waals surface area contributed by atoms with Crippen molar-refractivity contribution in [3.63, 3.8) is 0 Å². The first-order valence-electron chi connectivity index (χ1n) is 8.23. The van der Waals surface area contributed by atoms with Crippen molar-refractivity contribution in [2.24, 2.45) is 7.05 Å². The average molecular weight is 339 g/mol. The zero-order valence-corrected chi connectivity index (χ0v) is 14.2. The molecule has 0 spiro atoms. The molecule has 1 saturated heterocycles. The summed E-state index contributed by atoms with van der Waals surface area (Å²) in [5.74, 6) is -0.118. The number of nitriles is 1. The van der Waals surface area contributed by atoms with Crippen molar-refractivity contribution in [3.8, 4) is 6.07 Å². The Balaban J connectivity index is 1.67. The summed E-state index contributed by atoms with van der Waals surface area (Å²) in [6.45, 7) is 2.64. The van der Waals surface area contributed by atoms with Gasteiger partial charge in [-0.2, -0.15) is 10.4 Å². The monoisotopic (exact) mass is 339 g/mol. The van der Waals surface area contributed by atoms with Crippen LogP contribution in [0.4, 0.5) is 0 Å². The molecule has 7 heteroatoms. The van der Waals surface area contributed by atoms with Crippen molar-refractivity contribution in [1.29, 1.82) is 5.26 Å². The van der Waals surface area contributed by atoms with Gasteiger partial charge in [-0.05, 0) is 23.8 Å². The summed E-state index contributed by atoms with van der Waals surface area (Å²) in [4.78, 5) is 16.4. The number of amides is 1. The number of aromatic nitrogens is 2. The molecule has 2 heterocycles. The highest BCUT2D eigenvalue weighted by Crippen LogP contribution is 2.13. The third-order valence-electron chi connectivity index (χ3n) is 4.38. The van der Waals surface area contributed by atoms with Gasteiger partial charge in [0, 0.05) is 46.0 Å². The average Bonchev–Trinajstić information content (AvgIpc) is 2.94. The number of aliphatic hydroxyl groups is 1. The highest BCUT2D eigenvalue weighted by molar-refractivity contribution is 5.92. The van der Waals surface area contributed by atoms with Gasteiger partial charge < -0.3 is 10.0 Å². The second-order valence-corrected chi connectivity index (χ2v) is 6.29. The fourth-order valence-corrected chi connectivity index (χ4v) is 3.13. The first-order valence-corrected chi connectivity index (χ1v) is 8.23. The number of aryl methyl sites for hydroxylation is 1. The van der Waals surface area contributed by atoms with Gasteiger partial charge >= 0.3 is 0 Å². The van der Waals surface area contributed by atoms with E-state index in [-0.39, 0.29) is 5.91 Å². The molecule has 1 aromatic heterocycles. The van der Waals surface area contributed by atoms with Crippen molar-refractivity contribution in [2.75, 3.05) is 26.2 Å². The molecular weight excluding hydrogens is 318 g/mol. The van der Waals surface area contributed by atoms with Crippen molar-refractivity contribution in [2.45, 2.75) is 12.6 Å². The third kappa shape index (κ3) is 4.05. The number of β-amino-alcohol motifs (C(OH)–C–C–N with tert-alkyl or cyclic N) is 1. The predicted molar refractivity (Wildman–Crippen MR) is 91.6 cm³/mol. The summed E-state index contributed by atoms with van der Waals surface area (Å²) >= 11 is 0. The Bertz CT molecular complexity index is 795. The molecule has 25 heavy (non-hydrogen) atoms. The zero-order valence-electron chi connectivity index (χ0n) is 14.2. The molecule has 0 aliphatic carbocycles. The van der Waals surface area contributed by atoms with Gasteiger partial charge in [0.2, 0.25) is 0 Å². The molecule has 0 unspecified atom stereocenters. The zero-order chi connectivity index (χ0) is 17.8. The second-order valence-electron chi connectivity index (χ2n) is 6.29. The number of hydrogen-bond donors (Lipinski definition) is 1. The predicted octanol–water partition coefficient (Wildman–Crippen LogP) is 0.611. The van der Waals surface area contributed by atoms with E-state index in [0.29, 0.717) is 44.0 Å². The molecule has 1 aromatic carbocycles. The summed E-state index contributed by atoms with van der Waals surface area (Å²) in [6, 6.07) is 11.3. The lowest BCUT2D eigenvalue weighted by molar-refractivity contribution is 0.0653. The van der Waals surface area contributed by atoms with Crippen LogP contribution in [-0.2, 0) is 13.6 Å². The van der Waals surface area contributed by atoms with Crippen LogP contribution in [0.2, 0.25) is 0 Å². The standard InChI is InChI=1S/C18H21N5O2/c1-21-17(5-6-20-21)18(25)23-8-7-22(12-16(24)13-23)11-15-4-2-3-14(9-15)10-19/h2-6,9,16,24H,7-8,11-13H2,1H3/t16-/m1/s1. The molecule has 1 aliphatic heterocycles. The minimum Gasteiger partial charge on any atom is -0.390 e. The van der Waals surface area contributed by atoms with Crippen molar-refractivity contribution in [3.05, 3.63) is 53.3 Å². The van der Waals surface area contributed by atoms with Crippen LogP contribution in [0, 0.1) is 11.3 Å². The number of rotatable bonds is 3. The maximum absolute atomic E-state index is 12.6. The van der Waals surface area contributed by atoms with E-state index in [9.17, 15) is 9.90 Å². The molecule has 1 aliphatic rings. The number of carbonyl (C=O) groups excluding carboxylic acids is 1. The van der Waals surface area contributed by atoms with Gasteiger partial charge in [-0.1, -0.05) is 12.1 Å². The number of nitrogens with zero attached hydrogens (tertiary/aromatic N) is 5. The molecule has 3 rings (SSSR count). The SMILES string of the molecule is Cn1nccc1C(=O)N1CCN(Cc2cccc(C#N)c2)C[C@@H](O)C1. The molecule has 0 radical (unpaired) electrons. The molecule has 1 atom stereocenters. The maximum Gasteiger partial charge on any atom is 0.272 e. The largest absolute Gasteiger partial charge is 0.390 e. The number of carbonyl (C=O) groups is 1. The van der Waals surface area contributed by atoms with E-state index in [1.807, 2.05) is 18.2 Å². The van der Waals surface area contributed by atoms with E-state index in [2.05, 4.69) is 16.1 Å². The van der Waals surface area contributed by atoms with E-state index in [1.54, 1.807) is 35.0 Å². The van der Waals surface area contributed by atoms with Crippen LogP contribution in [0.25, 0.3) is 0 Å². The van der Waals surface area contributed by atoms with Crippen molar-refractivity contribution >= 4 is 5.91 Å². The third-order valence-corrected chi connectivity index (χ3v) is 4.38. The number of aliphatic hydroxyl groups excluding tert-OH is 1. The normalized spacial score (nSPS) is 18.6. The Hall–Kier alpha value is -2.69. The van der Waals surface area contributed by atoms with Gasteiger partial charge in [-0.15, -0.1) is 0 Å². The Morgan fingerprint density at radius 1 is 1.36 bits per heavy atom. The topological polar surface area (TPSA) is 85.4 Å². The Kier molecular flexibility index (Phi) is 5.12. The van der Waals surface area contributed by atoms with E-state index in [0.717, 1.165) is 5.56 Å². The van der Waals surface area contributed by atoms with Gasteiger partial charge in [0.15, 0.2) is 0 Å². The maximum atomic E-state index is 12.6. The summed E-state index contributed by atoms with van der Waals surface area (Å²) in [6.07, 6.45) is 0.981. The van der Waals surface area contributed by atoms with Crippen LogP contribution in [0.15, 0.2) is 36.5 Å². The summed E-state index contributed by atoms with van der Waals surface area (Å²) in [7, 11) is 1.73. The summed E-state index contributed by atoms with van der Waals surface area (Å²) in [5, 5.41) is 23.4. The molecule has 0 saturated carbocycles. The van der Waals surface area contributed by atoms with E-state index < -0.39 is 6.10 Å². The molecular formula is C18H21N5O2. The van der Waals surface area contributed by atoms with E-state index in [4.69, 9.17) is 5.26 Å². The first kappa shape index (κ1) is 17.1. The van der Waals surface area contributed by atoms with Crippen molar-refractivity contribution < 1.29 is 9.90 Å². The summed E-state index contributed by atoms with van der Waals surface area (Å²) in [5.41, 5.74) is 2.17. The minimum absolute atomic E-state index is 0.118. The van der Waals surface area contributed by atoms with Crippen LogP contribution in [0.3, 0.4) is 0 Å². The van der Waals surface area contributed by atoms with Crippen molar-refractivity contribution in [1.82, 2.24) is 19.6 Å². The first-order chi connectivity index (χ1) is 12.1. The Labute approximate surface area is 146 Å². The lowest BCUT2D eigenvalue weighted by Crippen LogP contribution is -2.38. The lowest BCUT2D eigenvalue weighted by atomic mass is 10.1. The van der Waals surface area contributed by atoms with Crippen LogP contribution in [0.1, 0.15) is 21.6 Å². The number of hydrogen-bond acceptors (Lipinski definition) is 5. The van der Waals surface area contributed by atoms with E-state index in [1.165, 1.54) is 0 Å². The highest BCUT2D eigenvalue weighted by Gasteiger charge is 2.26. The highest BCUT2D eigenvalue weighted by atomic mass is 16.3.